The SMILES string of the molecule is CCc1ccc(C(C(=O)Nc2ccccc2C)N(C(=O)C(NC(=O)OC(C)(C)C)C(C)CC)C2CCC2)cc1. The summed E-state index contributed by atoms with van der Waals surface area (Å²) in [7, 11) is 0. The van der Waals surface area contributed by atoms with Crippen molar-refractivity contribution in [3.05, 3.63) is 65.2 Å². The van der Waals surface area contributed by atoms with Gasteiger partial charge in [0, 0.05) is 11.7 Å². The fraction of sp³-hybridized carbons (Fsp3) is 0.531. The smallest absolute Gasteiger partial charge is 0.408 e. The molecule has 7 heteroatoms. The van der Waals surface area contributed by atoms with Gasteiger partial charge in [-0.25, -0.2) is 4.79 Å². The van der Waals surface area contributed by atoms with Crippen molar-refractivity contribution in [1.29, 1.82) is 0 Å². The van der Waals surface area contributed by atoms with Gasteiger partial charge in [-0.05, 0) is 82.1 Å². The van der Waals surface area contributed by atoms with Crippen LogP contribution in [0.4, 0.5) is 10.5 Å². The van der Waals surface area contributed by atoms with Crippen LogP contribution in [0.5, 0.6) is 0 Å². The number of ether oxygens (including phenoxy) is 1. The van der Waals surface area contributed by atoms with E-state index >= 15 is 0 Å². The summed E-state index contributed by atoms with van der Waals surface area (Å²) in [4.78, 5) is 43.0. The van der Waals surface area contributed by atoms with Crippen LogP contribution < -0.4 is 10.6 Å². The van der Waals surface area contributed by atoms with E-state index in [9.17, 15) is 14.4 Å². The Kier molecular flexibility index (Phi) is 10.2. The number of carbonyl (C=O) groups is 3. The first-order valence-corrected chi connectivity index (χ1v) is 14.2. The first kappa shape index (κ1) is 30.2. The summed E-state index contributed by atoms with van der Waals surface area (Å²) in [5.41, 5.74) is 2.86. The van der Waals surface area contributed by atoms with Crippen molar-refractivity contribution in [3.8, 4) is 0 Å². The van der Waals surface area contributed by atoms with Gasteiger partial charge >= 0.3 is 6.09 Å². The van der Waals surface area contributed by atoms with Gasteiger partial charge in [0.1, 0.15) is 17.7 Å². The first-order valence-electron chi connectivity index (χ1n) is 14.2. The predicted octanol–water partition coefficient (Wildman–Crippen LogP) is 6.56. The molecule has 3 unspecified atom stereocenters. The number of hydrogen-bond donors (Lipinski definition) is 2. The third kappa shape index (κ3) is 7.84. The van der Waals surface area contributed by atoms with Crippen LogP contribution in [-0.4, -0.2) is 40.5 Å². The van der Waals surface area contributed by atoms with Crippen molar-refractivity contribution in [3.63, 3.8) is 0 Å². The minimum absolute atomic E-state index is 0.0945. The number of hydrogen-bond acceptors (Lipinski definition) is 4. The van der Waals surface area contributed by atoms with E-state index in [0.29, 0.717) is 12.1 Å². The molecule has 1 saturated carbocycles. The molecule has 212 valence electrons. The standard InChI is InChI=1S/C32H45N3O4/c1-8-21(3)27(34-31(38)39-32(5,6)7)30(37)35(25-14-12-15-25)28(24-19-17-23(9-2)18-20-24)29(36)33-26-16-11-10-13-22(26)4/h10-11,13,16-21,25,27-28H,8-9,12,14-15H2,1-7H3,(H,33,36)(H,34,38). The lowest BCUT2D eigenvalue weighted by Crippen LogP contribution is -2.58. The van der Waals surface area contributed by atoms with Crippen molar-refractivity contribution in [1.82, 2.24) is 10.2 Å². The van der Waals surface area contributed by atoms with E-state index in [4.69, 9.17) is 4.74 Å². The fourth-order valence-corrected chi connectivity index (χ4v) is 4.75. The molecule has 2 aromatic carbocycles. The number of alkyl carbamates (subject to hydrolysis) is 1. The molecular formula is C32H45N3O4. The zero-order valence-corrected chi connectivity index (χ0v) is 24.5. The Labute approximate surface area is 233 Å². The number of para-hydroxylation sites is 1. The molecule has 0 aliphatic heterocycles. The van der Waals surface area contributed by atoms with Gasteiger partial charge in [0.15, 0.2) is 0 Å². The van der Waals surface area contributed by atoms with E-state index < -0.39 is 23.8 Å². The number of carbonyl (C=O) groups excluding carboxylic acids is 3. The molecule has 3 atom stereocenters. The molecule has 1 aliphatic carbocycles. The third-order valence-electron chi connectivity index (χ3n) is 7.51. The molecule has 0 heterocycles. The largest absolute Gasteiger partial charge is 0.444 e. The van der Waals surface area contributed by atoms with Crippen LogP contribution in [0.3, 0.4) is 0 Å². The highest BCUT2D eigenvalue weighted by Gasteiger charge is 2.43. The lowest BCUT2D eigenvalue weighted by atomic mass is 9.86. The minimum atomic E-state index is -0.847. The van der Waals surface area contributed by atoms with Gasteiger partial charge in [-0.15, -0.1) is 0 Å². The molecule has 1 aliphatic rings. The Bertz CT molecular complexity index is 1130. The molecule has 0 bridgehead atoms. The molecule has 0 radical (unpaired) electrons. The van der Waals surface area contributed by atoms with Crippen LogP contribution in [-0.2, 0) is 20.7 Å². The average molecular weight is 536 g/mol. The van der Waals surface area contributed by atoms with Crippen molar-refractivity contribution in [2.75, 3.05) is 5.32 Å². The monoisotopic (exact) mass is 535 g/mol. The van der Waals surface area contributed by atoms with Crippen molar-refractivity contribution in [2.24, 2.45) is 5.92 Å². The fourth-order valence-electron chi connectivity index (χ4n) is 4.75. The van der Waals surface area contributed by atoms with E-state index in [0.717, 1.165) is 42.4 Å². The average Bonchev–Trinajstić information content (AvgIpc) is 2.85. The second-order valence-corrected chi connectivity index (χ2v) is 11.6. The van der Waals surface area contributed by atoms with Gasteiger partial charge < -0.3 is 20.3 Å². The van der Waals surface area contributed by atoms with Gasteiger partial charge in [0.05, 0.1) is 0 Å². The van der Waals surface area contributed by atoms with Gasteiger partial charge in [-0.3, -0.25) is 9.59 Å². The number of rotatable bonds is 10. The predicted molar refractivity (Wildman–Crippen MR) is 155 cm³/mol. The normalized spacial score (nSPS) is 15.9. The van der Waals surface area contributed by atoms with Crippen molar-refractivity contribution in [2.45, 2.75) is 104 Å². The zero-order valence-electron chi connectivity index (χ0n) is 24.5. The van der Waals surface area contributed by atoms with E-state index in [1.807, 2.05) is 69.3 Å². The van der Waals surface area contributed by atoms with Crippen LogP contribution in [0, 0.1) is 12.8 Å². The lowest BCUT2D eigenvalue weighted by molar-refractivity contribution is -0.147. The molecule has 0 aromatic heterocycles. The second-order valence-electron chi connectivity index (χ2n) is 11.6. The Morgan fingerprint density at radius 2 is 1.67 bits per heavy atom. The zero-order chi connectivity index (χ0) is 28.7. The number of nitrogens with one attached hydrogen (secondary N) is 2. The van der Waals surface area contributed by atoms with E-state index in [-0.39, 0.29) is 23.8 Å². The van der Waals surface area contributed by atoms with Gasteiger partial charge in [-0.2, -0.15) is 0 Å². The molecule has 7 nitrogen and oxygen atoms in total. The second kappa shape index (κ2) is 13.1. The van der Waals surface area contributed by atoms with Gasteiger partial charge in [0.25, 0.3) is 5.91 Å². The molecule has 0 saturated heterocycles. The number of amides is 3. The summed E-state index contributed by atoms with van der Waals surface area (Å²) in [5, 5.41) is 5.93. The first-order chi connectivity index (χ1) is 18.4. The summed E-state index contributed by atoms with van der Waals surface area (Å²) in [5.74, 6) is -0.687. The molecule has 0 spiro atoms. The highest BCUT2D eigenvalue weighted by atomic mass is 16.6. The molecule has 2 aromatic rings. The van der Waals surface area contributed by atoms with E-state index in [1.165, 1.54) is 0 Å². The summed E-state index contributed by atoms with van der Waals surface area (Å²) < 4.78 is 5.50. The highest BCUT2D eigenvalue weighted by Crippen LogP contribution is 2.35. The third-order valence-corrected chi connectivity index (χ3v) is 7.51. The summed E-state index contributed by atoms with van der Waals surface area (Å²) in [6, 6.07) is 13.8. The number of benzene rings is 2. The molecular weight excluding hydrogens is 490 g/mol. The highest BCUT2D eigenvalue weighted by molar-refractivity contribution is 5.99. The number of anilines is 1. The summed E-state index contributed by atoms with van der Waals surface area (Å²) in [6.07, 6.45) is 3.53. The molecule has 39 heavy (non-hydrogen) atoms. The topological polar surface area (TPSA) is 87.7 Å². The van der Waals surface area contributed by atoms with Crippen LogP contribution >= 0.6 is 0 Å². The van der Waals surface area contributed by atoms with Crippen molar-refractivity contribution >= 4 is 23.6 Å². The lowest BCUT2D eigenvalue weighted by Gasteiger charge is -2.44. The summed E-state index contributed by atoms with van der Waals surface area (Å²) >= 11 is 0. The maximum atomic E-state index is 14.4. The van der Waals surface area contributed by atoms with E-state index in [1.54, 1.807) is 25.7 Å². The number of aryl methyl sites for hydroxylation is 2. The molecule has 3 amide bonds. The molecule has 3 rings (SSSR count). The van der Waals surface area contributed by atoms with Crippen LogP contribution in [0.25, 0.3) is 0 Å². The quantitative estimate of drug-likeness (QED) is 0.361. The minimum Gasteiger partial charge on any atom is -0.444 e. The van der Waals surface area contributed by atoms with Crippen molar-refractivity contribution < 1.29 is 19.1 Å². The van der Waals surface area contributed by atoms with Gasteiger partial charge in [0.2, 0.25) is 5.91 Å². The molecule has 1 fully saturated rings. The Hall–Kier alpha value is -3.35. The Morgan fingerprint density at radius 1 is 1.03 bits per heavy atom. The van der Waals surface area contributed by atoms with Crippen LogP contribution in [0.15, 0.2) is 48.5 Å². The van der Waals surface area contributed by atoms with E-state index in [2.05, 4.69) is 17.6 Å². The van der Waals surface area contributed by atoms with Crippen LogP contribution in [0.1, 0.15) is 90.0 Å². The Morgan fingerprint density at radius 3 is 2.18 bits per heavy atom. The Balaban J connectivity index is 2.04. The summed E-state index contributed by atoms with van der Waals surface area (Å²) in [6.45, 7) is 13.3. The maximum Gasteiger partial charge on any atom is 0.408 e. The molecule has 2 N–H and O–H groups in total. The van der Waals surface area contributed by atoms with Crippen LogP contribution in [0.2, 0.25) is 0 Å². The van der Waals surface area contributed by atoms with Gasteiger partial charge in [-0.1, -0.05) is 69.7 Å². The maximum absolute atomic E-state index is 14.4. The number of nitrogens with zero attached hydrogens (tertiary/aromatic N) is 1.